The second-order valence-corrected chi connectivity index (χ2v) is 9.88. The van der Waals surface area contributed by atoms with Crippen LogP contribution in [0.5, 0.6) is 0 Å². The van der Waals surface area contributed by atoms with Crippen molar-refractivity contribution in [2.45, 2.75) is 66.0 Å². The topological polar surface area (TPSA) is 105 Å². The number of hydrogen-bond donors (Lipinski definition) is 2. The molecule has 34 heavy (non-hydrogen) atoms. The molecule has 3 aromatic rings. The van der Waals surface area contributed by atoms with Gasteiger partial charge in [-0.2, -0.15) is 0 Å². The lowest BCUT2D eigenvalue weighted by Crippen LogP contribution is -2.39. The summed E-state index contributed by atoms with van der Waals surface area (Å²) < 4.78 is 11.0. The van der Waals surface area contributed by atoms with E-state index in [2.05, 4.69) is 9.97 Å². The van der Waals surface area contributed by atoms with Gasteiger partial charge >= 0.3 is 5.97 Å². The molecular formula is C25H33N3O5S. The van der Waals surface area contributed by atoms with Crippen molar-refractivity contribution in [1.29, 1.82) is 0 Å². The van der Waals surface area contributed by atoms with Crippen LogP contribution >= 0.6 is 11.3 Å². The van der Waals surface area contributed by atoms with Crippen molar-refractivity contribution in [3.63, 3.8) is 0 Å². The van der Waals surface area contributed by atoms with Crippen LogP contribution in [0.4, 0.5) is 0 Å². The summed E-state index contributed by atoms with van der Waals surface area (Å²) in [7, 11) is 0. The number of carbonyl (C=O) groups excluding carboxylic acids is 1. The van der Waals surface area contributed by atoms with E-state index in [4.69, 9.17) is 9.47 Å². The number of fused-ring (bicyclic) bond motifs is 1. The smallest absolute Gasteiger partial charge is 0.348 e. The summed E-state index contributed by atoms with van der Waals surface area (Å²) in [5.41, 5.74) is 1.35. The van der Waals surface area contributed by atoms with Gasteiger partial charge in [-0.3, -0.25) is 9.69 Å². The van der Waals surface area contributed by atoms with Gasteiger partial charge in [0.15, 0.2) is 0 Å². The lowest BCUT2D eigenvalue weighted by molar-refractivity contribution is 0.00267. The molecule has 0 amide bonds. The Morgan fingerprint density at radius 1 is 1.21 bits per heavy atom. The molecule has 184 valence electrons. The molecule has 0 spiro atoms. The Kier molecular flexibility index (Phi) is 8.96. The Morgan fingerprint density at radius 3 is 2.56 bits per heavy atom. The molecule has 2 aromatic heterocycles. The van der Waals surface area contributed by atoms with Crippen molar-refractivity contribution in [1.82, 2.24) is 14.9 Å². The van der Waals surface area contributed by atoms with Gasteiger partial charge in [0.2, 0.25) is 0 Å². The van der Waals surface area contributed by atoms with E-state index < -0.39 is 12.1 Å². The van der Waals surface area contributed by atoms with Crippen molar-refractivity contribution >= 4 is 27.5 Å². The van der Waals surface area contributed by atoms with Crippen LogP contribution in [0.25, 0.3) is 10.2 Å². The molecule has 2 N–H and O–H groups in total. The number of nitrogens with one attached hydrogen (secondary N) is 1. The molecule has 0 fully saturated rings. The number of H-pyrrole nitrogens is 1. The van der Waals surface area contributed by atoms with E-state index in [1.165, 1.54) is 11.3 Å². The van der Waals surface area contributed by atoms with E-state index in [0.717, 1.165) is 5.56 Å². The van der Waals surface area contributed by atoms with Crippen LogP contribution in [-0.2, 0) is 22.6 Å². The lowest BCUT2D eigenvalue weighted by Gasteiger charge is -2.28. The van der Waals surface area contributed by atoms with Gasteiger partial charge in [0.05, 0.1) is 37.4 Å². The molecule has 0 saturated heterocycles. The van der Waals surface area contributed by atoms with E-state index in [0.29, 0.717) is 46.2 Å². The maximum atomic E-state index is 12.8. The van der Waals surface area contributed by atoms with Crippen molar-refractivity contribution in [3.8, 4) is 0 Å². The summed E-state index contributed by atoms with van der Waals surface area (Å²) in [6, 6.07) is 9.91. The number of benzene rings is 1. The standard InChI is InChI=1S/C25H33N3O5S/c1-15(2)28(11-19(29)14-32-13-18-9-7-6-8-10-18)12-20-26-23(30)21-17(5)22(34-24(21)27-20)25(31)33-16(3)4/h6-10,15-16,19,29H,11-14H2,1-5H3,(H,26,27,30)/t19-/m0/s1. The molecule has 3 rings (SSSR count). The van der Waals surface area contributed by atoms with Crippen molar-refractivity contribution in [2.75, 3.05) is 13.2 Å². The van der Waals surface area contributed by atoms with E-state index in [1.54, 1.807) is 20.8 Å². The molecule has 1 atom stereocenters. The van der Waals surface area contributed by atoms with Crippen LogP contribution in [0, 0.1) is 6.92 Å². The predicted octanol–water partition coefficient (Wildman–Crippen LogP) is 3.65. The summed E-state index contributed by atoms with van der Waals surface area (Å²) >= 11 is 1.17. The number of esters is 1. The number of thiophene rings is 1. The van der Waals surface area contributed by atoms with Gasteiger partial charge in [0, 0.05) is 12.6 Å². The summed E-state index contributed by atoms with van der Waals surface area (Å²) in [4.78, 5) is 35.6. The highest BCUT2D eigenvalue weighted by Gasteiger charge is 2.22. The number of rotatable bonds is 11. The average Bonchev–Trinajstić information content (AvgIpc) is 3.10. The minimum atomic E-state index is -0.692. The molecular weight excluding hydrogens is 454 g/mol. The fraction of sp³-hybridized carbons (Fsp3) is 0.480. The van der Waals surface area contributed by atoms with Gasteiger partial charge < -0.3 is 19.6 Å². The van der Waals surface area contributed by atoms with Gasteiger partial charge in [0.25, 0.3) is 5.56 Å². The van der Waals surface area contributed by atoms with E-state index in [9.17, 15) is 14.7 Å². The summed E-state index contributed by atoms with van der Waals surface area (Å²) in [6.07, 6.45) is -0.940. The van der Waals surface area contributed by atoms with Crippen LogP contribution in [0.3, 0.4) is 0 Å². The average molecular weight is 488 g/mol. The zero-order valence-corrected chi connectivity index (χ0v) is 21.1. The van der Waals surface area contributed by atoms with E-state index in [-0.39, 0.29) is 24.3 Å². The van der Waals surface area contributed by atoms with Gasteiger partial charge in [-0.15, -0.1) is 11.3 Å². The van der Waals surface area contributed by atoms with Crippen LogP contribution in [0.15, 0.2) is 35.1 Å². The van der Waals surface area contributed by atoms with E-state index >= 15 is 0 Å². The van der Waals surface area contributed by atoms with Crippen LogP contribution in [-0.4, -0.2) is 57.3 Å². The first-order chi connectivity index (χ1) is 16.2. The molecule has 0 aliphatic carbocycles. The van der Waals surface area contributed by atoms with Crippen LogP contribution in [0.1, 0.15) is 54.3 Å². The third-order valence-corrected chi connectivity index (χ3v) is 6.49. The van der Waals surface area contributed by atoms with Gasteiger partial charge in [-0.05, 0) is 45.7 Å². The lowest BCUT2D eigenvalue weighted by atomic mass is 10.2. The Balaban J connectivity index is 1.69. The largest absolute Gasteiger partial charge is 0.459 e. The molecule has 0 aliphatic rings. The third kappa shape index (κ3) is 6.73. The number of aliphatic hydroxyl groups excluding tert-OH is 1. The van der Waals surface area contributed by atoms with Gasteiger partial charge in [0.1, 0.15) is 15.5 Å². The van der Waals surface area contributed by atoms with Gasteiger partial charge in [-0.1, -0.05) is 30.3 Å². The number of aryl methyl sites for hydroxylation is 1. The highest BCUT2D eigenvalue weighted by Crippen LogP contribution is 2.28. The Labute approximate surface area is 203 Å². The van der Waals surface area contributed by atoms with Gasteiger partial charge in [-0.25, -0.2) is 9.78 Å². The fourth-order valence-electron chi connectivity index (χ4n) is 3.59. The summed E-state index contributed by atoms with van der Waals surface area (Å²) in [6.45, 7) is 10.7. The van der Waals surface area contributed by atoms with Crippen LogP contribution in [0.2, 0.25) is 0 Å². The molecule has 9 heteroatoms. The number of nitrogens with zero attached hydrogens (tertiary/aromatic N) is 2. The molecule has 0 bridgehead atoms. The SMILES string of the molecule is Cc1c(C(=O)OC(C)C)sc2nc(CN(C[C@H](O)COCc3ccccc3)C(C)C)[nH]c(=O)c12. The number of hydrogen-bond acceptors (Lipinski definition) is 8. The summed E-state index contributed by atoms with van der Waals surface area (Å²) in [5, 5.41) is 10.9. The minimum Gasteiger partial charge on any atom is -0.459 e. The first-order valence-corrected chi connectivity index (χ1v) is 12.2. The Morgan fingerprint density at radius 2 is 1.91 bits per heavy atom. The maximum absolute atomic E-state index is 12.8. The molecule has 0 saturated carbocycles. The van der Waals surface area contributed by atoms with Crippen molar-refractivity contribution < 1.29 is 19.4 Å². The van der Waals surface area contributed by atoms with Crippen molar-refractivity contribution in [2.24, 2.45) is 0 Å². The summed E-state index contributed by atoms with van der Waals surface area (Å²) in [5.74, 6) is 0.0347. The quantitative estimate of drug-likeness (QED) is 0.398. The first kappa shape index (κ1) is 26.0. The third-order valence-electron chi connectivity index (χ3n) is 5.33. The highest BCUT2D eigenvalue weighted by atomic mass is 32.1. The van der Waals surface area contributed by atoms with Crippen molar-refractivity contribution in [3.05, 3.63) is 62.5 Å². The number of carbonyl (C=O) groups is 1. The fourth-order valence-corrected chi connectivity index (χ4v) is 4.67. The molecule has 0 unspecified atom stereocenters. The number of aliphatic hydroxyl groups is 1. The first-order valence-electron chi connectivity index (χ1n) is 11.4. The Hall–Kier alpha value is -2.59. The molecule has 0 aliphatic heterocycles. The molecule has 0 radical (unpaired) electrons. The normalized spacial score (nSPS) is 12.7. The highest BCUT2D eigenvalue weighted by molar-refractivity contribution is 7.20. The predicted molar refractivity (Wildman–Crippen MR) is 133 cm³/mol. The second kappa shape index (κ2) is 11.7. The monoisotopic (exact) mass is 487 g/mol. The molecule has 8 nitrogen and oxygen atoms in total. The Bertz CT molecular complexity index is 1160. The number of aromatic nitrogens is 2. The zero-order chi connectivity index (χ0) is 24.8. The molecule has 2 heterocycles. The number of ether oxygens (including phenoxy) is 2. The number of aromatic amines is 1. The van der Waals surface area contributed by atoms with Crippen LogP contribution < -0.4 is 5.56 Å². The second-order valence-electron chi connectivity index (χ2n) is 8.88. The maximum Gasteiger partial charge on any atom is 0.348 e. The molecule has 1 aromatic carbocycles. The zero-order valence-electron chi connectivity index (χ0n) is 20.3. The van der Waals surface area contributed by atoms with E-state index in [1.807, 2.05) is 49.1 Å². The minimum absolute atomic E-state index is 0.103.